The van der Waals surface area contributed by atoms with Crippen LogP contribution in [-0.2, 0) is 7.05 Å². The van der Waals surface area contributed by atoms with E-state index in [2.05, 4.69) is 10.3 Å². The number of aromatic nitrogens is 3. The van der Waals surface area contributed by atoms with E-state index < -0.39 is 18.4 Å². The zero-order valence-corrected chi connectivity index (χ0v) is 19.8. The van der Waals surface area contributed by atoms with E-state index in [1.165, 1.54) is 34.9 Å². The first kappa shape index (κ1) is 24.3. The molecule has 0 spiro atoms. The fraction of sp³-hybridized carbons (Fsp3) is 0.200. The molecule has 0 aliphatic heterocycles. The molecule has 2 aromatic heterocycles. The van der Waals surface area contributed by atoms with Gasteiger partial charge in [-0.25, -0.2) is 23.5 Å². The van der Waals surface area contributed by atoms with Gasteiger partial charge in [-0.2, -0.15) is 0 Å². The number of alkyl halides is 2. The highest BCUT2D eigenvalue weighted by atomic mass is 35.5. The number of hydrogen-bond donors (Lipinski definition) is 2. The standard InChI is InChI=1S/C25H21ClF2N4O3/c1-12-9-16(13(2)29-18-7-8-19(26)30-21(18)25(34)35)20-17(10-12)24(33)32(3)23(31-20)15-6-4-5-14(11-15)22(27)28/h4-11,13,22,29H,1-3H3,(H,34,35). The summed E-state index contributed by atoms with van der Waals surface area (Å²) in [6.07, 6.45) is -2.66. The summed E-state index contributed by atoms with van der Waals surface area (Å²) >= 11 is 5.86. The summed E-state index contributed by atoms with van der Waals surface area (Å²) in [6, 6.07) is 11.8. The van der Waals surface area contributed by atoms with Crippen LogP contribution in [-0.4, -0.2) is 25.6 Å². The molecule has 4 rings (SSSR count). The number of halogens is 3. The zero-order chi connectivity index (χ0) is 25.4. The molecule has 35 heavy (non-hydrogen) atoms. The third kappa shape index (κ3) is 4.72. The van der Waals surface area contributed by atoms with Crippen molar-refractivity contribution in [2.24, 2.45) is 7.05 Å². The molecule has 1 unspecified atom stereocenters. The van der Waals surface area contributed by atoms with Crippen molar-refractivity contribution >= 4 is 34.2 Å². The van der Waals surface area contributed by atoms with Gasteiger partial charge >= 0.3 is 5.97 Å². The lowest BCUT2D eigenvalue weighted by atomic mass is 10.0. The largest absolute Gasteiger partial charge is 0.476 e. The topological polar surface area (TPSA) is 97.1 Å². The third-order valence-corrected chi connectivity index (χ3v) is 5.86. The van der Waals surface area contributed by atoms with Gasteiger partial charge in [0.05, 0.1) is 22.6 Å². The number of fused-ring (bicyclic) bond motifs is 1. The maximum atomic E-state index is 13.3. The van der Waals surface area contributed by atoms with Crippen LogP contribution in [0.15, 0.2) is 53.3 Å². The molecule has 0 aliphatic carbocycles. The van der Waals surface area contributed by atoms with Crippen molar-refractivity contribution in [3.8, 4) is 11.4 Å². The molecule has 0 amide bonds. The normalized spacial score (nSPS) is 12.2. The monoisotopic (exact) mass is 498 g/mol. The van der Waals surface area contributed by atoms with Crippen LogP contribution in [0.25, 0.3) is 22.3 Å². The predicted octanol–water partition coefficient (Wildman–Crippen LogP) is 5.77. The molecule has 1 atom stereocenters. The summed E-state index contributed by atoms with van der Waals surface area (Å²) in [6.45, 7) is 3.63. The lowest BCUT2D eigenvalue weighted by molar-refractivity contribution is 0.0691. The lowest BCUT2D eigenvalue weighted by Gasteiger charge is -2.20. The molecule has 180 valence electrons. The number of carbonyl (C=O) groups is 1. The molecule has 0 aliphatic rings. The highest BCUT2D eigenvalue weighted by Gasteiger charge is 2.20. The van der Waals surface area contributed by atoms with Gasteiger partial charge in [0, 0.05) is 23.7 Å². The van der Waals surface area contributed by atoms with E-state index in [9.17, 15) is 23.5 Å². The van der Waals surface area contributed by atoms with Crippen LogP contribution >= 0.6 is 11.6 Å². The predicted molar refractivity (Wildman–Crippen MR) is 130 cm³/mol. The first-order chi connectivity index (χ1) is 16.6. The minimum atomic E-state index is -2.66. The summed E-state index contributed by atoms with van der Waals surface area (Å²) in [5, 5.41) is 13.0. The van der Waals surface area contributed by atoms with Crippen LogP contribution in [0.1, 0.15) is 46.6 Å². The Morgan fingerprint density at radius 3 is 2.57 bits per heavy atom. The number of aryl methyl sites for hydroxylation is 1. The summed E-state index contributed by atoms with van der Waals surface area (Å²) in [7, 11) is 1.54. The Morgan fingerprint density at radius 2 is 1.89 bits per heavy atom. The van der Waals surface area contributed by atoms with Crippen molar-refractivity contribution in [2.45, 2.75) is 26.3 Å². The van der Waals surface area contributed by atoms with E-state index in [4.69, 9.17) is 16.6 Å². The van der Waals surface area contributed by atoms with E-state index in [1.807, 2.05) is 13.0 Å². The number of anilines is 1. The van der Waals surface area contributed by atoms with Crippen LogP contribution in [0.3, 0.4) is 0 Å². The Bertz CT molecular complexity index is 1520. The Morgan fingerprint density at radius 1 is 1.14 bits per heavy atom. The van der Waals surface area contributed by atoms with E-state index >= 15 is 0 Å². The SMILES string of the molecule is Cc1cc(C(C)Nc2ccc(Cl)nc2C(=O)O)c2nc(-c3cccc(C(F)F)c3)n(C)c(=O)c2c1. The van der Waals surface area contributed by atoms with Crippen LogP contribution in [0.5, 0.6) is 0 Å². The second-order valence-corrected chi connectivity index (χ2v) is 8.56. The number of carboxylic acids is 1. The minimum Gasteiger partial charge on any atom is -0.476 e. The zero-order valence-electron chi connectivity index (χ0n) is 19.0. The number of nitrogens with one attached hydrogen (secondary N) is 1. The van der Waals surface area contributed by atoms with Gasteiger partial charge in [-0.05, 0) is 43.7 Å². The van der Waals surface area contributed by atoms with Gasteiger partial charge in [0.15, 0.2) is 5.69 Å². The first-order valence-corrected chi connectivity index (χ1v) is 11.0. The Balaban J connectivity index is 1.89. The van der Waals surface area contributed by atoms with Crippen molar-refractivity contribution in [3.05, 3.63) is 86.4 Å². The maximum absolute atomic E-state index is 13.3. The average Bonchev–Trinajstić information content (AvgIpc) is 2.82. The second kappa shape index (κ2) is 9.42. The highest BCUT2D eigenvalue weighted by molar-refractivity contribution is 6.29. The summed E-state index contributed by atoms with van der Waals surface area (Å²) < 4.78 is 27.9. The highest BCUT2D eigenvalue weighted by Crippen LogP contribution is 2.30. The number of aromatic carboxylic acids is 1. The number of carboxylic acid groups (broad SMARTS) is 1. The molecule has 2 heterocycles. The van der Waals surface area contributed by atoms with Crippen molar-refractivity contribution in [3.63, 3.8) is 0 Å². The molecule has 0 radical (unpaired) electrons. The molecule has 0 fully saturated rings. The number of hydrogen-bond acceptors (Lipinski definition) is 5. The van der Waals surface area contributed by atoms with Gasteiger partial charge in [0.1, 0.15) is 11.0 Å². The van der Waals surface area contributed by atoms with E-state index in [1.54, 1.807) is 26.1 Å². The Kier molecular flexibility index (Phi) is 6.53. The van der Waals surface area contributed by atoms with Crippen molar-refractivity contribution in [1.29, 1.82) is 0 Å². The molecule has 2 aromatic carbocycles. The minimum absolute atomic E-state index is 0.0439. The van der Waals surface area contributed by atoms with E-state index in [-0.39, 0.29) is 33.5 Å². The number of pyridine rings is 1. The van der Waals surface area contributed by atoms with Crippen molar-refractivity contribution < 1.29 is 18.7 Å². The molecule has 2 N–H and O–H groups in total. The van der Waals surface area contributed by atoms with Gasteiger partial charge in [0.25, 0.3) is 12.0 Å². The smallest absolute Gasteiger partial charge is 0.356 e. The molecule has 10 heteroatoms. The van der Waals surface area contributed by atoms with Gasteiger partial charge in [-0.1, -0.05) is 35.9 Å². The quantitative estimate of drug-likeness (QED) is 0.328. The number of rotatable bonds is 6. The van der Waals surface area contributed by atoms with Gasteiger partial charge in [-0.15, -0.1) is 0 Å². The average molecular weight is 499 g/mol. The number of nitrogens with zero attached hydrogens (tertiary/aromatic N) is 3. The third-order valence-electron chi connectivity index (χ3n) is 5.65. The molecule has 0 saturated heterocycles. The van der Waals surface area contributed by atoms with Gasteiger partial charge < -0.3 is 10.4 Å². The van der Waals surface area contributed by atoms with E-state index in [0.717, 1.165) is 5.56 Å². The maximum Gasteiger partial charge on any atom is 0.356 e. The van der Waals surface area contributed by atoms with Gasteiger partial charge in [-0.3, -0.25) is 9.36 Å². The first-order valence-electron chi connectivity index (χ1n) is 10.6. The second-order valence-electron chi connectivity index (χ2n) is 8.18. The van der Waals surface area contributed by atoms with Gasteiger partial charge in [0.2, 0.25) is 0 Å². The number of benzene rings is 2. The molecule has 4 aromatic rings. The molecule has 0 bridgehead atoms. The van der Waals surface area contributed by atoms with Crippen LogP contribution < -0.4 is 10.9 Å². The van der Waals surface area contributed by atoms with Crippen molar-refractivity contribution in [2.75, 3.05) is 5.32 Å². The van der Waals surface area contributed by atoms with E-state index in [0.29, 0.717) is 22.0 Å². The molecular weight excluding hydrogens is 478 g/mol. The lowest BCUT2D eigenvalue weighted by Crippen LogP contribution is -2.22. The summed E-state index contributed by atoms with van der Waals surface area (Å²) in [5.41, 5.74) is 1.71. The van der Waals surface area contributed by atoms with Crippen molar-refractivity contribution in [1.82, 2.24) is 14.5 Å². The van der Waals surface area contributed by atoms with Crippen LogP contribution in [0.4, 0.5) is 14.5 Å². The summed E-state index contributed by atoms with van der Waals surface area (Å²) in [4.78, 5) is 33.5. The summed E-state index contributed by atoms with van der Waals surface area (Å²) in [5.74, 6) is -1.01. The Labute approximate surface area is 204 Å². The Hall–Kier alpha value is -3.85. The molecular formula is C25H21ClF2N4O3. The molecule has 7 nitrogen and oxygen atoms in total. The van der Waals surface area contributed by atoms with Crippen LogP contribution in [0, 0.1) is 6.92 Å². The fourth-order valence-electron chi connectivity index (χ4n) is 3.98. The van der Waals surface area contributed by atoms with Crippen LogP contribution in [0.2, 0.25) is 5.15 Å². The molecule has 0 saturated carbocycles. The fourth-order valence-corrected chi connectivity index (χ4v) is 4.13.